The maximum atomic E-state index is 12.6. The minimum absolute atomic E-state index is 0.0669. The molecule has 0 aromatic carbocycles. The summed E-state index contributed by atoms with van der Waals surface area (Å²) < 4.78 is 37.9. The van der Waals surface area contributed by atoms with Gasteiger partial charge in [-0.15, -0.1) is 0 Å². The molecule has 0 atom stereocenters. The summed E-state index contributed by atoms with van der Waals surface area (Å²) in [6.45, 7) is 2.72. The van der Waals surface area contributed by atoms with E-state index in [9.17, 15) is 13.2 Å². The normalized spacial score (nSPS) is 11.5. The standard InChI is InChI=1S/C13H22F3N5/c1-2-3-4-5-6-7-8-18-10-9-11(21-17)20-12(19-10)13(14,15)16/h9H,2-8,17H2,1H3,(H2,18,19,20,21). The van der Waals surface area contributed by atoms with Gasteiger partial charge in [-0.2, -0.15) is 13.2 Å². The second-order valence-corrected chi connectivity index (χ2v) is 4.80. The van der Waals surface area contributed by atoms with Crippen molar-refractivity contribution < 1.29 is 13.2 Å². The van der Waals surface area contributed by atoms with Crippen LogP contribution < -0.4 is 16.6 Å². The lowest BCUT2D eigenvalue weighted by Crippen LogP contribution is -2.17. The molecule has 1 heterocycles. The minimum atomic E-state index is -4.59. The highest BCUT2D eigenvalue weighted by atomic mass is 19.4. The molecule has 0 radical (unpaired) electrons. The van der Waals surface area contributed by atoms with Gasteiger partial charge in [0.15, 0.2) is 0 Å². The van der Waals surface area contributed by atoms with Gasteiger partial charge in [0.2, 0.25) is 5.82 Å². The molecule has 0 aliphatic heterocycles. The van der Waals surface area contributed by atoms with Crippen molar-refractivity contribution in [3.63, 3.8) is 0 Å². The number of anilines is 2. The number of hydrogen-bond donors (Lipinski definition) is 3. The third kappa shape index (κ3) is 6.61. The van der Waals surface area contributed by atoms with E-state index in [0.29, 0.717) is 6.54 Å². The molecule has 8 heteroatoms. The molecule has 4 N–H and O–H groups in total. The molecular formula is C13H22F3N5. The Morgan fingerprint density at radius 1 is 1.05 bits per heavy atom. The van der Waals surface area contributed by atoms with Crippen LogP contribution in [0.4, 0.5) is 24.8 Å². The SMILES string of the molecule is CCCCCCCCNc1cc(NN)nc(C(F)(F)F)n1. The van der Waals surface area contributed by atoms with E-state index < -0.39 is 12.0 Å². The Kier molecular flexibility index (Phi) is 7.21. The number of aromatic nitrogens is 2. The zero-order valence-corrected chi connectivity index (χ0v) is 12.1. The van der Waals surface area contributed by atoms with Crippen molar-refractivity contribution in [3.8, 4) is 0 Å². The number of hydrazine groups is 1. The molecular weight excluding hydrogens is 283 g/mol. The van der Waals surface area contributed by atoms with Crippen molar-refractivity contribution in [2.45, 2.75) is 51.6 Å². The number of halogens is 3. The van der Waals surface area contributed by atoms with Crippen LogP contribution in [-0.2, 0) is 6.18 Å². The Hall–Kier alpha value is -1.57. The fourth-order valence-corrected chi connectivity index (χ4v) is 1.86. The van der Waals surface area contributed by atoms with E-state index in [4.69, 9.17) is 5.84 Å². The summed E-state index contributed by atoms with van der Waals surface area (Å²) in [5.74, 6) is 3.97. The largest absolute Gasteiger partial charge is 0.451 e. The van der Waals surface area contributed by atoms with Crippen LogP contribution in [-0.4, -0.2) is 16.5 Å². The van der Waals surface area contributed by atoms with Crippen LogP contribution in [0.3, 0.4) is 0 Å². The summed E-state index contributed by atoms with van der Waals surface area (Å²) in [5, 5.41) is 2.88. The maximum absolute atomic E-state index is 12.6. The van der Waals surface area contributed by atoms with Gasteiger partial charge in [-0.05, 0) is 6.42 Å². The van der Waals surface area contributed by atoms with E-state index in [-0.39, 0.29) is 11.6 Å². The molecule has 120 valence electrons. The Labute approximate surface area is 122 Å². The molecule has 0 bridgehead atoms. The van der Waals surface area contributed by atoms with E-state index in [1.165, 1.54) is 25.3 Å². The molecule has 1 rings (SSSR count). The lowest BCUT2D eigenvalue weighted by Gasteiger charge is -2.11. The maximum Gasteiger partial charge on any atom is 0.451 e. The number of nitrogens with one attached hydrogen (secondary N) is 2. The predicted molar refractivity (Wildman–Crippen MR) is 76.7 cm³/mol. The number of nitrogen functional groups attached to an aromatic ring is 1. The zero-order chi connectivity index (χ0) is 15.7. The molecule has 0 fully saturated rings. The van der Waals surface area contributed by atoms with Gasteiger partial charge in [0.05, 0.1) is 0 Å². The van der Waals surface area contributed by atoms with Crippen molar-refractivity contribution in [1.29, 1.82) is 0 Å². The first-order valence-electron chi connectivity index (χ1n) is 7.14. The third-order valence-electron chi connectivity index (χ3n) is 2.96. The number of hydrogen-bond acceptors (Lipinski definition) is 5. The first kappa shape index (κ1) is 17.5. The molecule has 0 amide bonds. The first-order chi connectivity index (χ1) is 9.97. The van der Waals surface area contributed by atoms with Crippen molar-refractivity contribution >= 4 is 11.6 Å². The number of nitrogens with zero attached hydrogens (tertiary/aromatic N) is 2. The highest BCUT2D eigenvalue weighted by Crippen LogP contribution is 2.28. The molecule has 0 aliphatic carbocycles. The summed E-state index contributed by atoms with van der Waals surface area (Å²) in [5.41, 5.74) is 2.11. The summed E-state index contributed by atoms with van der Waals surface area (Å²) in [7, 11) is 0. The monoisotopic (exact) mass is 305 g/mol. The second kappa shape index (κ2) is 8.66. The molecule has 5 nitrogen and oxygen atoms in total. The van der Waals surface area contributed by atoms with Crippen molar-refractivity contribution in [2.75, 3.05) is 17.3 Å². The third-order valence-corrected chi connectivity index (χ3v) is 2.96. The van der Waals surface area contributed by atoms with Gasteiger partial charge in [-0.1, -0.05) is 39.0 Å². The highest BCUT2D eigenvalue weighted by molar-refractivity contribution is 5.47. The Balaban J connectivity index is 2.47. The number of alkyl halides is 3. The predicted octanol–water partition coefficient (Wildman–Crippen LogP) is 3.55. The highest BCUT2D eigenvalue weighted by Gasteiger charge is 2.35. The Bertz CT molecular complexity index is 423. The van der Waals surface area contributed by atoms with Gasteiger partial charge in [-0.3, -0.25) is 0 Å². The summed E-state index contributed by atoms with van der Waals surface area (Å²) in [6.07, 6.45) is 2.09. The van der Waals surface area contributed by atoms with Crippen molar-refractivity contribution in [1.82, 2.24) is 9.97 Å². The fourth-order valence-electron chi connectivity index (χ4n) is 1.86. The number of unbranched alkanes of at least 4 members (excludes halogenated alkanes) is 5. The van der Waals surface area contributed by atoms with Gasteiger partial charge >= 0.3 is 6.18 Å². The fraction of sp³-hybridized carbons (Fsp3) is 0.692. The molecule has 0 spiro atoms. The molecule has 0 saturated heterocycles. The summed E-state index contributed by atoms with van der Waals surface area (Å²) in [4.78, 5) is 6.75. The molecule has 0 saturated carbocycles. The van der Waals surface area contributed by atoms with Crippen LogP contribution in [0.1, 0.15) is 51.3 Å². The number of rotatable bonds is 9. The van der Waals surface area contributed by atoms with E-state index >= 15 is 0 Å². The second-order valence-electron chi connectivity index (χ2n) is 4.80. The smallest absolute Gasteiger partial charge is 0.370 e. The zero-order valence-electron chi connectivity index (χ0n) is 12.1. The minimum Gasteiger partial charge on any atom is -0.370 e. The molecule has 1 aromatic rings. The van der Waals surface area contributed by atoms with Gasteiger partial charge in [0.1, 0.15) is 11.6 Å². The average Bonchev–Trinajstić information content (AvgIpc) is 2.45. The summed E-state index contributed by atoms with van der Waals surface area (Å²) in [6, 6.07) is 1.35. The number of nitrogens with two attached hydrogens (primary N) is 1. The van der Waals surface area contributed by atoms with Crippen LogP contribution in [0.5, 0.6) is 0 Å². The molecule has 0 aliphatic rings. The Morgan fingerprint density at radius 2 is 1.67 bits per heavy atom. The van der Waals surface area contributed by atoms with Gasteiger partial charge < -0.3 is 10.7 Å². The van der Waals surface area contributed by atoms with E-state index in [1.807, 2.05) is 0 Å². The lowest BCUT2D eigenvalue weighted by molar-refractivity contribution is -0.144. The van der Waals surface area contributed by atoms with E-state index in [1.54, 1.807) is 0 Å². The quantitative estimate of drug-likeness (QED) is 0.369. The average molecular weight is 305 g/mol. The van der Waals surface area contributed by atoms with Crippen molar-refractivity contribution in [2.24, 2.45) is 5.84 Å². The summed E-state index contributed by atoms with van der Waals surface area (Å²) >= 11 is 0. The van der Waals surface area contributed by atoms with Crippen molar-refractivity contribution in [3.05, 3.63) is 11.9 Å². The van der Waals surface area contributed by atoms with Gasteiger partial charge in [0.25, 0.3) is 0 Å². The van der Waals surface area contributed by atoms with Gasteiger partial charge in [-0.25, -0.2) is 15.8 Å². The van der Waals surface area contributed by atoms with Crippen LogP contribution in [0.2, 0.25) is 0 Å². The van der Waals surface area contributed by atoms with Crippen LogP contribution in [0.15, 0.2) is 6.07 Å². The first-order valence-corrected chi connectivity index (χ1v) is 7.14. The molecule has 0 unspecified atom stereocenters. The van der Waals surface area contributed by atoms with Gasteiger partial charge in [0, 0.05) is 12.6 Å². The van der Waals surface area contributed by atoms with Crippen LogP contribution >= 0.6 is 0 Å². The lowest BCUT2D eigenvalue weighted by atomic mass is 10.1. The van der Waals surface area contributed by atoms with Crippen LogP contribution in [0.25, 0.3) is 0 Å². The Morgan fingerprint density at radius 3 is 2.29 bits per heavy atom. The van der Waals surface area contributed by atoms with Crippen LogP contribution in [0, 0.1) is 0 Å². The topological polar surface area (TPSA) is 75.9 Å². The molecule has 21 heavy (non-hydrogen) atoms. The van der Waals surface area contributed by atoms with E-state index in [0.717, 1.165) is 19.3 Å². The molecule has 1 aromatic heterocycles. The van der Waals surface area contributed by atoms with E-state index in [2.05, 4.69) is 27.6 Å².